The predicted molar refractivity (Wildman–Crippen MR) is 103 cm³/mol. The van der Waals surface area contributed by atoms with Crippen LogP contribution < -0.4 is 10.4 Å². The Hall–Kier alpha value is -2.79. The van der Waals surface area contributed by atoms with Gasteiger partial charge in [0.15, 0.2) is 0 Å². The average Bonchev–Trinajstić information content (AvgIpc) is 2.65. The largest absolute Gasteiger partial charge is 0.488 e. The predicted octanol–water partition coefficient (Wildman–Crippen LogP) is 4.36. The number of benzene rings is 2. The molecule has 0 N–H and O–H groups in total. The van der Waals surface area contributed by atoms with Crippen LogP contribution in [0.1, 0.15) is 22.3 Å². The molecule has 0 spiro atoms. The van der Waals surface area contributed by atoms with Crippen molar-refractivity contribution in [1.82, 2.24) is 0 Å². The normalized spacial score (nSPS) is 10.8. The third kappa shape index (κ3) is 3.98. The number of rotatable bonds is 5. The van der Waals surface area contributed by atoms with E-state index < -0.39 is 11.6 Å². The second-order valence-electron chi connectivity index (χ2n) is 6.23. The molecule has 27 heavy (non-hydrogen) atoms. The van der Waals surface area contributed by atoms with Crippen LogP contribution in [-0.2, 0) is 22.6 Å². The quantitative estimate of drug-likeness (QED) is 0.481. The zero-order valence-corrected chi connectivity index (χ0v) is 16.1. The fourth-order valence-corrected chi connectivity index (χ4v) is 3.15. The lowest BCUT2D eigenvalue weighted by Gasteiger charge is -2.13. The minimum atomic E-state index is -0.541. The van der Waals surface area contributed by atoms with Crippen molar-refractivity contribution in [3.8, 4) is 5.75 Å². The molecule has 2 aromatic carbocycles. The Labute approximate surface area is 161 Å². The Kier molecular flexibility index (Phi) is 5.51. The molecule has 1 heterocycles. The molecule has 3 rings (SSSR count). The highest BCUT2D eigenvalue weighted by atomic mass is 35.5. The minimum absolute atomic E-state index is 0.118. The molecule has 0 saturated heterocycles. The molecular formula is C21H19ClO5. The molecule has 6 heteroatoms. The van der Waals surface area contributed by atoms with Gasteiger partial charge in [-0.05, 0) is 49.2 Å². The summed E-state index contributed by atoms with van der Waals surface area (Å²) in [7, 11) is 1.29. The second kappa shape index (κ2) is 7.84. The average molecular weight is 387 g/mol. The maximum atomic E-state index is 12.4. The summed E-state index contributed by atoms with van der Waals surface area (Å²) in [6, 6.07) is 11.1. The summed E-state index contributed by atoms with van der Waals surface area (Å²) in [6.45, 7) is 3.97. The molecule has 140 valence electrons. The van der Waals surface area contributed by atoms with Crippen molar-refractivity contribution in [3.63, 3.8) is 0 Å². The number of halogens is 1. The first-order chi connectivity index (χ1) is 12.9. The van der Waals surface area contributed by atoms with Crippen molar-refractivity contribution >= 4 is 28.5 Å². The summed E-state index contributed by atoms with van der Waals surface area (Å²) in [4.78, 5) is 23.9. The fraction of sp³-hybridized carbons (Fsp3) is 0.238. The van der Waals surface area contributed by atoms with E-state index in [1.54, 1.807) is 13.0 Å². The van der Waals surface area contributed by atoms with Gasteiger partial charge < -0.3 is 13.9 Å². The summed E-state index contributed by atoms with van der Waals surface area (Å²) in [5.74, 6) is 0.133. The van der Waals surface area contributed by atoms with Crippen LogP contribution in [0.5, 0.6) is 5.75 Å². The highest BCUT2D eigenvalue weighted by molar-refractivity contribution is 6.30. The number of fused-ring (bicyclic) bond motifs is 1. The molecular weight excluding hydrogens is 368 g/mol. The number of ether oxygens (including phenoxy) is 2. The Bertz CT molecular complexity index is 1070. The number of esters is 1. The van der Waals surface area contributed by atoms with Gasteiger partial charge in [0.05, 0.1) is 19.1 Å². The van der Waals surface area contributed by atoms with E-state index in [4.69, 9.17) is 20.8 Å². The van der Waals surface area contributed by atoms with Crippen LogP contribution in [0.4, 0.5) is 0 Å². The number of carbonyl (C=O) groups is 1. The van der Waals surface area contributed by atoms with Crippen molar-refractivity contribution in [2.45, 2.75) is 26.9 Å². The summed E-state index contributed by atoms with van der Waals surface area (Å²) in [5, 5.41) is 1.41. The molecule has 0 amide bonds. The lowest BCUT2D eigenvalue weighted by atomic mass is 10.0. The standard InChI is InChI=1S/C21H19ClO5/c1-12-16-7-8-18(26-11-14-5-4-6-15(22)9-14)13(2)20(16)27-21(24)17(12)10-19(23)25-3/h4-9H,10-11H2,1-3H3. The summed E-state index contributed by atoms with van der Waals surface area (Å²) in [5.41, 5.74) is 2.58. The number of aryl methyl sites for hydroxylation is 2. The van der Waals surface area contributed by atoms with Gasteiger partial charge in [-0.3, -0.25) is 4.79 Å². The van der Waals surface area contributed by atoms with Crippen LogP contribution in [0.15, 0.2) is 45.6 Å². The van der Waals surface area contributed by atoms with Crippen molar-refractivity contribution in [3.05, 3.63) is 74.1 Å². The van der Waals surface area contributed by atoms with Crippen LogP contribution in [0.3, 0.4) is 0 Å². The van der Waals surface area contributed by atoms with Crippen molar-refractivity contribution < 1.29 is 18.7 Å². The second-order valence-corrected chi connectivity index (χ2v) is 6.67. The van der Waals surface area contributed by atoms with Gasteiger partial charge in [0.2, 0.25) is 0 Å². The highest BCUT2D eigenvalue weighted by Crippen LogP contribution is 2.30. The summed E-state index contributed by atoms with van der Waals surface area (Å²) < 4.78 is 16.0. The Morgan fingerprint density at radius 3 is 2.63 bits per heavy atom. The molecule has 0 radical (unpaired) electrons. The fourth-order valence-electron chi connectivity index (χ4n) is 2.94. The SMILES string of the molecule is COC(=O)Cc1c(C)c2ccc(OCc3cccc(Cl)c3)c(C)c2oc1=O. The Morgan fingerprint density at radius 1 is 1.15 bits per heavy atom. The monoisotopic (exact) mass is 386 g/mol. The molecule has 0 unspecified atom stereocenters. The molecule has 1 aromatic heterocycles. The van der Waals surface area contributed by atoms with Crippen LogP contribution in [-0.4, -0.2) is 13.1 Å². The van der Waals surface area contributed by atoms with Crippen LogP contribution in [0.2, 0.25) is 5.02 Å². The lowest BCUT2D eigenvalue weighted by Crippen LogP contribution is -2.16. The first kappa shape index (κ1) is 19.0. The maximum absolute atomic E-state index is 12.4. The molecule has 0 aliphatic rings. The molecule has 0 fully saturated rings. The van der Waals surface area contributed by atoms with Gasteiger partial charge in [-0.25, -0.2) is 4.79 Å². The van der Waals surface area contributed by atoms with Crippen molar-refractivity contribution in [1.29, 1.82) is 0 Å². The van der Waals surface area contributed by atoms with E-state index in [1.807, 2.05) is 37.3 Å². The highest BCUT2D eigenvalue weighted by Gasteiger charge is 2.17. The van der Waals surface area contributed by atoms with E-state index in [-0.39, 0.29) is 6.42 Å². The number of carbonyl (C=O) groups excluding carboxylic acids is 1. The molecule has 3 aromatic rings. The molecule has 0 bridgehead atoms. The first-order valence-electron chi connectivity index (χ1n) is 8.40. The zero-order valence-electron chi connectivity index (χ0n) is 15.3. The minimum Gasteiger partial charge on any atom is -0.488 e. The van der Waals surface area contributed by atoms with E-state index in [0.717, 1.165) is 16.5 Å². The Balaban J connectivity index is 1.96. The van der Waals surface area contributed by atoms with E-state index >= 15 is 0 Å². The third-order valence-electron chi connectivity index (χ3n) is 4.49. The Morgan fingerprint density at radius 2 is 1.93 bits per heavy atom. The molecule has 0 saturated carbocycles. The summed E-state index contributed by atoms with van der Waals surface area (Å²) >= 11 is 5.99. The number of hydrogen-bond donors (Lipinski definition) is 0. The van der Waals surface area contributed by atoms with Gasteiger partial charge in [-0.1, -0.05) is 23.7 Å². The lowest BCUT2D eigenvalue weighted by molar-refractivity contribution is -0.139. The van der Waals surface area contributed by atoms with E-state index in [1.165, 1.54) is 7.11 Å². The third-order valence-corrected chi connectivity index (χ3v) is 4.72. The van der Waals surface area contributed by atoms with E-state index in [2.05, 4.69) is 4.74 Å². The maximum Gasteiger partial charge on any atom is 0.340 e. The molecule has 0 aliphatic carbocycles. The number of hydrogen-bond acceptors (Lipinski definition) is 5. The van der Waals surface area contributed by atoms with Gasteiger partial charge >= 0.3 is 11.6 Å². The smallest absolute Gasteiger partial charge is 0.340 e. The van der Waals surface area contributed by atoms with Crippen molar-refractivity contribution in [2.75, 3.05) is 7.11 Å². The van der Waals surface area contributed by atoms with Gasteiger partial charge in [0.1, 0.15) is 17.9 Å². The summed E-state index contributed by atoms with van der Waals surface area (Å²) in [6.07, 6.45) is -0.118. The van der Waals surface area contributed by atoms with Gasteiger partial charge in [0.25, 0.3) is 0 Å². The van der Waals surface area contributed by atoms with Gasteiger partial charge in [-0.2, -0.15) is 0 Å². The molecule has 0 atom stereocenters. The molecule has 0 aliphatic heterocycles. The van der Waals surface area contributed by atoms with Crippen LogP contribution in [0.25, 0.3) is 11.0 Å². The van der Waals surface area contributed by atoms with Crippen LogP contribution in [0, 0.1) is 13.8 Å². The van der Waals surface area contributed by atoms with Gasteiger partial charge in [0, 0.05) is 16.0 Å². The first-order valence-corrected chi connectivity index (χ1v) is 8.78. The number of methoxy groups -OCH3 is 1. The van der Waals surface area contributed by atoms with Crippen molar-refractivity contribution in [2.24, 2.45) is 0 Å². The molecule has 5 nitrogen and oxygen atoms in total. The zero-order chi connectivity index (χ0) is 19.6. The van der Waals surface area contributed by atoms with E-state index in [0.29, 0.717) is 34.1 Å². The van der Waals surface area contributed by atoms with Gasteiger partial charge in [-0.15, -0.1) is 0 Å². The van der Waals surface area contributed by atoms with Crippen LogP contribution >= 0.6 is 11.6 Å². The van der Waals surface area contributed by atoms with E-state index in [9.17, 15) is 9.59 Å². The topological polar surface area (TPSA) is 65.7 Å².